The molecule has 0 heterocycles. The second-order valence-electron chi connectivity index (χ2n) is 13.2. The van der Waals surface area contributed by atoms with Crippen LogP contribution in [0.3, 0.4) is 0 Å². The van der Waals surface area contributed by atoms with Gasteiger partial charge in [-0.25, -0.2) is 4.57 Å². The number of carbonyl (C=O) groups is 2. The van der Waals surface area contributed by atoms with Gasteiger partial charge >= 0.3 is 19.8 Å². The maximum Gasteiger partial charge on any atom is 0.472 e. The molecule has 300 valence electrons. The normalized spacial score (nSPS) is 14.0. The molecular formula is C42H74NO8P. The van der Waals surface area contributed by atoms with E-state index in [0.717, 1.165) is 77.0 Å². The van der Waals surface area contributed by atoms with E-state index < -0.39 is 32.5 Å². The fraction of sp³-hybridized carbons (Fsp3) is 0.714. The van der Waals surface area contributed by atoms with Crippen molar-refractivity contribution in [3.63, 3.8) is 0 Å². The summed E-state index contributed by atoms with van der Waals surface area (Å²) in [5.74, 6) is -0.875. The number of ether oxygens (including phenoxy) is 2. The number of phosphoric ester groups is 1. The number of carbonyl (C=O) groups excluding carboxylic acids is 2. The van der Waals surface area contributed by atoms with E-state index in [4.69, 9.17) is 24.3 Å². The van der Waals surface area contributed by atoms with Gasteiger partial charge in [0, 0.05) is 19.4 Å². The monoisotopic (exact) mass is 752 g/mol. The molecule has 0 aromatic heterocycles. The molecule has 0 aliphatic carbocycles. The van der Waals surface area contributed by atoms with Gasteiger partial charge in [-0.2, -0.15) is 0 Å². The topological polar surface area (TPSA) is 134 Å². The zero-order valence-corrected chi connectivity index (χ0v) is 33.7. The average Bonchev–Trinajstić information content (AvgIpc) is 3.13. The Balaban J connectivity index is 4.24. The van der Waals surface area contributed by atoms with E-state index in [2.05, 4.69) is 56.4 Å². The second kappa shape index (κ2) is 38.4. The lowest BCUT2D eigenvalue weighted by molar-refractivity contribution is -0.161. The molecule has 0 saturated carbocycles. The summed E-state index contributed by atoms with van der Waals surface area (Å²) in [5.41, 5.74) is 5.33. The van der Waals surface area contributed by atoms with Gasteiger partial charge in [0.1, 0.15) is 6.61 Å². The molecule has 0 amide bonds. The van der Waals surface area contributed by atoms with Gasteiger partial charge in [-0.05, 0) is 57.8 Å². The molecule has 52 heavy (non-hydrogen) atoms. The van der Waals surface area contributed by atoms with Gasteiger partial charge in [-0.15, -0.1) is 0 Å². The number of phosphoric acid groups is 1. The van der Waals surface area contributed by atoms with Crippen LogP contribution < -0.4 is 5.73 Å². The Morgan fingerprint density at radius 3 is 1.58 bits per heavy atom. The van der Waals surface area contributed by atoms with Gasteiger partial charge in [0.25, 0.3) is 0 Å². The largest absolute Gasteiger partial charge is 0.472 e. The zero-order chi connectivity index (χ0) is 38.2. The van der Waals surface area contributed by atoms with Gasteiger partial charge in [-0.3, -0.25) is 18.6 Å². The first-order valence-electron chi connectivity index (χ1n) is 20.3. The van der Waals surface area contributed by atoms with E-state index in [1.54, 1.807) is 0 Å². The molecule has 0 aromatic rings. The van der Waals surface area contributed by atoms with Crippen molar-refractivity contribution in [2.45, 2.75) is 168 Å². The highest BCUT2D eigenvalue weighted by Crippen LogP contribution is 2.43. The van der Waals surface area contributed by atoms with Crippen molar-refractivity contribution in [1.29, 1.82) is 0 Å². The van der Waals surface area contributed by atoms with Crippen molar-refractivity contribution < 1.29 is 37.6 Å². The van der Waals surface area contributed by atoms with Gasteiger partial charge in [0.05, 0.1) is 13.2 Å². The van der Waals surface area contributed by atoms with Gasteiger partial charge in [0.15, 0.2) is 6.10 Å². The molecule has 10 heteroatoms. The van der Waals surface area contributed by atoms with Crippen LogP contribution in [0.15, 0.2) is 60.8 Å². The van der Waals surface area contributed by atoms with Crippen LogP contribution in [0.25, 0.3) is 0 Å². The van der Waals surface area contributed by atoms with Gasteiger partial charge in [0.2, 0.25) is 0 Å². The SMILES string of the molecule is CC/C=C/C=C/C=C/CCCCCCCC(=O)OC(COC(=O)CCCCCCC/C=C/C=C/CCCCCCCCC)COP(=O)(O)OCCN. The van der Waals surface area contributed by atoms with Crippen LogP contribution in [0.2, 0.25) is 0 Å². The lowest BCUT2D eigenvalue weighted by Gasteiger charge is -2.19. The van der Waals surface area contributed by atoms with Crippen LogP contribution in [-0.4, -0.2) is 49.3 Å². The third-order valence-corrected chi connectivity index (χ3v) is 9.21. The first-order valence-corrected chi connectivity index (χ1v) is 21.8. The van der Waals surface area contributed by atoms with Gasteiger partial charge < -0.3 is 20.1 Å². The Morgan fingerprint density at radius 1 is 0.596 bits per heavy atom. The first kappa shape index (κ1) is 49.7. The maximum absolute atomic E-state index is 12.5. The first-order chi connectivity index (χ1) is 25.3. The Labute approximate surface area is 317 Å². The second-order valence-corrected chi connectivity index (χ2v) is 14.7. The minimum Gasteiger partial charge on any atom is -0.462 e. The Hall–Kier alpha value is -2.29. The molecular weight excluding hydrogens is 677 g/mol. The Kier molecular flexibility index (Phi) is 36.7. The van der Waals surface area contributed by atoms with Crippen molar-refractivity contribution in [3.05, 3.63) is 60.8 Å². The highest BCUT2D eigenvalue weighted by molar-refractivity contribution is 7.47. The minimum atomic E-state index is -4.38. The maximum atomic E-state index is 12.5. The fourth-order valence-corrected chi connectivity index (χ4v) is 5.98. The van der Waals surface area contributed by atoms with E-state index in [1.165, 1.54) is 44.9 Å². The predicted octanol–water partition coefficient (Wildman–Crippen LogP) is 11.3. The average molecular weight is 752 g/mol. The molecule has 0 spiro atoms. The zero-order valence-electron chi connectivity index (χ0n) is 32.8. The van der Waals surface area contributed by atoms with Crippen LogP contribution in [-0.2, 0) is 32.7 Å². The van der Waals surface area contributed by atoms with Crippen LogP contribution in [0, 0.1) is 0 Å². The van der Waals surface area contributed by atoms with Crippen LogP contribution in [0.5, 0.6) is 0 Å². The molecule has 0 bridgehead atoms. The third kappa shape index (κ3) is 37.5. The quantitative estimate of drug-likeness (QED) is 0.0275. The van der Waals surface area contributed by atoms with Crippen molar-refractivity contribution in [2.24, 2.45) is 5.73 Å². The molecule has 0 radical (unpaired) electrons. The van der Waals surface area contributed by atoms with Crippen LogP contribution >= 0.6 is 7.82 Å². The molecule has 0 aliphatic rings. The summed E-state index contributed by atoms with van der Waals surface area (Å²) >= 11 is 0. The third-order valence-electron chi connectivity index (χ3n) is 8.23. The standard InChI is InChI=1S/C42H74NO8P/c1-3-5-7-9-11-13-15-17-18-19-20-21-23-24-26-28-30-32-34-41(44)48-38-40(39-50-52(46,47)49-37-36-43)51-42(45)35-33-31-29-27-25-22-16-14-12-10-8-6-4-2/h6,8,10,12,14,16,18-21,40H,3-5,7,9,11,13,15,17,22-39,43H2,1-2H3,(H,46,47)/b8-6+,12-10+,16-14+,19-18+,21-20+. The smallest absolute Gasteiger partial charge is 0.462 e. The van der Waals surface area contributed by atoms with Crippen molar-refractivity contribution in [3.8, 4) is 0 Å². The molecule has 0 aliphatic heterocycles. The van der Waals surface area contributed by atoms with E-state index in [-0.39, 0.29) is 32.6 Å². The fourth-order valence-electron chi connectivity index (χ4n) is 5.21. The van der Waals surface area contributed by atoms with E-state index >= 15 is 0 Å². The Bertz CT molecular complexity index is 1040. The number of unbranched alkanes of at least 4 members (excludes halogenated alkanes) is 17. The van der Waals surface area contributed by atoms with Crippen molar-refractivity contribution in [1.82, 2.24) is 0 Å². The molecule has 0 aromatic carbocycles. The van der Waals surface area contributed by atoms with Crippen molar-refractivity contribution in [2.75, 3.05) is 26.4 Å². The van der Waals surface area contributed by atoms with Crippen LogP contribution in [0.1, 0.15) is 162 Å². The molecule has 0 rings (SSSR count). The molecule has 3 N–H and O–H groups in total. The summed E-state index contributed by atoms with van der Waals surface area (Å²) in [4.78, 5) is 34.8. The number of hydrogen-bond donors (Lipinski definition) is 2. The molecule has 0 fully saturated rings. The Morgan fingerprint density at radius 2 is 1.06 bits per heavy atom. The van der Waals surface area contributed by atoms with E-state index in [1.807, 2.05) is 18.2 Å². The lowest BCUT2D eigenvalue weighted by atomic mass is 10.1. The molecule has 2 atom stereocenters. The number of hydrogen-bond acceptors (Lipinski definition) is 8. The summed E-state index contributed by atoms with van der Waals surface area (Å²) in [6.07, 6.45) is 43.9. The minimum absolute atomic E-state index is 0.0447. The van der Waals surface area contributed by atoms with Crippen molar-refractivity contribution >= 4 is 19.8 Å². The summed E-state index contributed by atoms with van der Waals surface area (Å²) in [5, 5.41) is 0. The summed E-state index contributed by atoms with van der Waals surface area (Å²) in [6, 6.07) is 0. The molecule has 9 nitrogen and oxygen atoms in total. The number of esters is 2. The van der Waals surface area contributed by atoms with Gasteiger partial charge in [-0.1, -0.05) is 152 Å². The van der Waals surface area contributed by atoms with Crippen LogP contribution in [0.4, 0.5) is 0 Å². The summed E-state index contributed by atoms with van der Waals surface area (Å²) in [6.45, 7) is 3.53. The van der Waals surface area contributed by atoms with E-state index in [9.17, 15) is 19.0 Å². The number of rotatable bonds is 37. The number of nitrogens with two attached hydrogens (primary N) is 1. The predicted molar refractivity (Wildman–Crippen MR) is 215 cm³/mol. The highest BCUT2D eigenvalue weighted by atomic mass is 31.2. The summed E-state index contributed by atoms with van der Waals surface area (Å²) in [7, 11) is -4.38. The summed E-state index contributed by atoms with van der Waals surface area (Å²) < 4.78 is 32.7. The molecule has 2 unspecified atom stereocenters. The highest BCUT2D eigenvalue weighted by Gasteiger charge is 2.25. The van der Waals surface area contributed by atoms with E-state index in [0.29, 0.717) is 12.8 Å². The molecule has 0 saturated heterocycles. The lowest BCUT2D eigenvalue weighted by Crippen LogP contribution is -2.29. The number of allylic oxidation sites excluding steroid dienone is 10.